The number of nitrogens with zero attached hydrogens (tertiary/aromatic N) is 5. The second kappa shape index (κ2) is 6.49. The van der Waals surface area contributed by atoms with E-state index >= 15 is 0 Å². The van der Waals surface area contributed by atoms with E-state index in [1.165, 1.54) is 39.1 Å². The summed E-state index contributed by atoms with van der Waals surface area (Å²) in [4.78, 5) is 14.0. The lowest BCUT2D eigenvalue weighted by molar-refractivity contribution is 0.270. The molecule has 0 amide bonds. The lowest BCUT2D eigenvalue weighted by Gasteiger charge is -2.23. The highest BCUT2D eigenvalue weighted by atomic mass is 15.2. The second-order valence-electron chi connectivity index (χ2n) is 8.00. The van der Waals surface area contributed by atoms with Crippen LogP contribution in [0.4, 0.5) is 5.69 Å². The van der Waals surface area contributed by atoms with Crippen LogP contribution >= 0.6 is 0 Å². The van der Waals surface area contributed by atoms with Crippen LogP contribution in [-0.2, 0) is 0 Å². The summed E-state index contributed by atoms with van der Waals surface area (Å²) in [5, 5.41) is 12.8. The molecule has 3 saturated heterocycles. The summed E-state index contributed by atoms with van der Waals surface area (Å²) in [6.07, 6.45) is 4.61. The molecule has 6 nitrogen and oxygen atoms in total. The smallest absolute Gasteiger partial charge is 0.113 e. The summed E-state index contributed by atoms with van der Waals surface area (Å²) in [6.45, 7) is 8.27. The number of benzene rings is 1. The summed E-state index contributed by atoms with van der Waals surface area (Å²) < 4.78 is 0. The lowest BCUT2D eigenvalue weighted by Crippen LogP contribution is -2.32. The van der Waals surface area contributed by atoms with Gasteiger partial charge in [-0.1, -0.05) is 0 Å². The Morgan fingerprint density at radius 2 is 1.85 bits per heavy atom. The molecule has 5 rings (SSSR count). The van der Waals surface area contributed by atoms with E-state index < -0.39 is 0 Å². The van der Waals surface area contributed by atoms with Gasteiger partial charge in [-0.05, 0) is 49.4 Å². The van der Waals surface area contributed by atoms with Gasteiger partial charge in [-0.25, -0.2) is 0 Å². The quantitative estimate of drug-likeness (QED) is 0.906. The van der Waals surface area contributed by atoms with Gasteiger partial charge in [0.15, 0.2) is 0 Å². The predicted molar refractivity (Wildman–Crippen MR) is 101 cm³/mol. The van der Waals surface area contributed by atoms with E-state index in [2.05, 4.69) is 31.2 Å². The number of aromatic nitrogens is 2. The maximum atomic E-state index is 9.32. The Balaban J connectivity index is 1.31. The van der Waals surface area contributed by atoms with E-state index in [1.807, 2.05) is 12.1 Å². The van der Waals surface area contributed by atoms with Gasteiger partial charge in [0.05, 0.1) is 11.3 Å². The van der Waals surface area contributed by atoms with Crippen molar-refractivity contribution in [1.29, 1.82) is 5.26 Å². The van der Waals surface area contributed by atoms with Crippen LogP contribution in [0.15, 0.2) is 24.5 Å². The fourth-order valence-corrected chi connectivity index (χ4v) is 5.06. The van der Waals surface area contributed by atoms with E-state index in [4.69, 9.17) is 0 Å². The van der Waals surface area contributed by atoms with Gasteiger partial charge in [0.1, 0.15) is 17.1 Å². The Kier molecular flexibility index (Phi) is 3.99. The maximum absolute atomic E-state index is 9.32. The number of anilines is 1. The molecule has 0 saturated carbocycles. The summed E-state index contributed by atoms with van der Waals surface area (Å²) in [5.74, 6) is 2.44. The Morgan fingerprint density at radius 1 is 1.08 bits per heavy atom. The first-order chi connectivity index (χ1) is 12.8. The van der Waals surface area contributed by atoms with Gasteiger partial charge in [-0.3, -0.25) is 9.97 Å². The first-order valence-electron chi connectivity index (χ1n) is 9.63. The monoisotopic (exact) mass is 348 g/mol. The molecule has 1 N–H and O–H groups in total. The lowest BCUT2D eigenvalue weighted by atomic mass is 10.0. The maximum Gasteiger partial charge on any atom is 0.113 e. The fourth-order valence-electron chi connectivity index (χ4n) is 5.06. The van der Waals surface area contributed by atoms with Crippen molar-refractivity contribution < 1.29 is 0 Å². The number of nitrogens with one attached hydrogen (secondary N) is 1. The minimum atomic E-state index is 0.602. The van der Waals surface area contributed by atoms with Crippen molar-refractivity contribution in [3.8, 4) is 6.07 Å². The van der Waals surface area contributed by atoms with Gasteiger partial charge in [0.2, 0.25) is 0 Å². The minimum absolute atomic E-state index is 0.602. The molecule has 3 aliphatic rings. The van der Waals surface area contributed by atoms with Crippen molar-refractivity contribution in [2.45, 2.75) is 6.42 Å². The molecule has 1 aromatic carbocycles. The zero-order valence-electron chi connectivity index (χ0n) is 14.9. The van der Waals surface area contributed by atoms with Gasteiger partial charge in [0, 0.05) is 45.1 Å². The molecule has 0 bridgehead atoms. The van der Waals surface area contributed by atoms with Crippen LogP contribution in [0, 0.1) is 29.1 Å². The van der Waals surface area contributed by atoms with Crippen LogP contribution < -0.4 is 10.2 Å². The van der Waals surface area contributed by atoms with Crippen LogP contribution in [0.25, 0.3) is 11.0 Å². The van der Waals surface area contributed by atoms with Crippen LogP contribution in [0.1, 0.15) is 12.0 Å². The van der Waals surface area contributed by atoms with Crippen molar-refractivity contribution in [2.24, 2.45) is 17.8 Å². The Bertz CT molecular complexity index is 847. The largest absolute Gasteiger partial charge is 0.369 e. The van der Waals surface area contributed by atoms with Gasteiger partial charge >= 0.3 is 0 Å². The second-order valence-corrected chi connectivity index (χ2v) is 8.00. The minimum Gasteiger partial charge on any atom is -0.369 e. The zero-order chi connectivity index (χ0) is 17.5. The molecule has 3 aliphatic heterocycles. The first kappa shape index (κ1) is 16.0. The van der Waals surface area contributed by atoms with E-state index in [0.29, 0.717) is 11.5 Å². The van der Waals surface area contributed by atoms with Crippen LogP contribution in [-0.4, -0.2) is 60.7 Å². The van der Waals surface area contributed by atoms with Crippen molar-refractivity contribution in [2.75, 3.05) is 50.7 Å². The summed E-state index contributed by atoms with van der Waals surface area (Å²) in [7, 11) is 0. The molecular formula is C20H24N6. The van der Waals surface area contributed by atoms with Crippen molar-refractivity contribution in [1.82, 2.24) is 20.2 Å². The average Bonchev–Trinajstić information content (AvgIpc) is 3.37. The van der Waals surface area contributed by atoms with Gasteiger partial charge in [-0.15, -0.1) is 0 Å². The number of hydrogen-bond acceptors (Lipinski definition) is 6. The molecule has 0 spiro atoms. The van der Waals surface area contributed by atoms with E-state index in [9.17, 15) is 5.26 Å². The van der Waals surface area contributed by atoms with Gasteiger partial charge in [-0.2, -0.15) is 5.26 Å². The third-order valence-electron chi connectivity index (χ3n) is 6.33. The number of fused-ring (bicyclic) bond motifs is 2. The van der Waals surface area contributed by atoms with Gasteiger partial charge < -0.3 is 15.1 Å². The number of rotatable bonds is 3. The third kappa shape index (κ3) is 2.72. The summed E-state index contributed by atoms with van der Waals surface area (Å²) in [6, 6.07) is 6.16. The zero-order valence-corrected chi connectivity index (χ0v) is 14.9. The molecule has 0 radical (unpaired) electrons. The molecule has 134 valence electrons. The highest BCUT2D eigenvalue weighted by Gasteiger charge is 2.37. The standard InChI is InChI=1S/C20H24N6/c21-7-15-1-2-18(20-19(15)23-4-5-24-20)26-6-3-14(11-26)10-25-12-16-8-22-9-17(16)13-25/h1-2,4-5,14,16-17,22H,3,6,8-13H2. The van der Waals surface area contributed by atoms with E-state index in [0.717, 1.165) is 41.6 Å². The highest BCUT2D eigenvalue weighted by Crippen LogP contribution is 2.32. The van der Waals surface area contributed by atoms with Crippen LogP contribution in [0.5, 0.6) is 0 Å². The predicted octanol–water partition coefficient (Wildman–Crippen LogP) is 1.48. The normalized spacial score (nSPS) is 28.6. The van der Waals surface area contributed by atoms with Gasteiger partial charge in [0.25, 0.3) is 0 Å². The number of likely N-dealkylation sites (tertiary alicyclic amines) is 1. The molecule has 6 heteroatoms. The SMILES string of the molecule is N#Cc1ccc(N2CCC(CN3CC4CNCC4C3)C2)c2nccnc12. The highest BCUT2D eigenvalue weighted by molar-refractivity contribution is 5.92. The molecule has 0 aliphatic carbocycles. The molecule has 1 aromatic heterocycles. The molecular weight excluding hydrogens is 324 g/mol. The molecule has 4 heterocycles. The van der Waals surface area contributed by atoms with E-state index in [-0.39, 0.29) is 0 Å². The van der Waals surface area contributed by atoms with Crippen LogP contribution in [0.3, 0.4) is 0 Å². The topological polar surface area (TPSA) is 68.1 Å². The fraction of sp³-hybridized carbons (Fsp3) is 0.550. The van der Waals surface area contributed by atoms with Crippen molar-refractivity contribution in [3.05, 3.63) is 30.1 Å². The Labute approximate surface area is 153 Å². The van der Waals surface area contributed by atoms with Crippen molar-refractivity contribution >= 4 is 16.7 Å². The van der Waals surface area contributed by atoms with E-state index in [1.54, 1.807) is 12.4 Å². The first-order valence-corrected chi connectivity index (χ1v) is 9.63. The molecule has 3 fully saturated rings. The summed E-state index contributed by atoms with van der Waals surface area (Å²) in [5.41, 5.74) is 3.30. The Hall–Kier alpha value is -2.23. The Morgan fingerprint density at radius 3 is 2.62 bits per heavy atom. The summed E-state index contributed by atoms with van der Waals surface area (Å²) >= 11 is 0. The van der Waals surface area contributed by atoms with Crippen LogP contribution in [0.2, 0.25) is 0 Å². The number of hydrogen-bond donors (Lipinski definition) is 1. The molecule has 26 heavy (non-hydrogen) atoms. The average molecular weight is 348 g/mol. The third-order valence-corrected chi connectivity index (χ3v) is 6.33. The molecule has 3 unspecified atom stereocenters. The number of nitriles is 1. The molecule has 2 aromatic rings. The molecule has 3 atom stereocenters. The van der Waals surface area contributed by atoms with Crippen molar-refractivity contribution in [3.63, 3.8) is 0 Å².